The van der Waals surface area contributed by atoms with Crippen molar-refractivity contribution in [2.24, 2.45) is 5.92 Å². The first-order valence-corrected chi connectivity index (χ1v) is 3.75. The Morgan fingerprint density at radius 3 is 3.11 bits per heavy atom. The molecule has 0 heterocycles. The second kappa shape index (κ2) is 1.84. The van der Waals surface area contributed by atoms with Crippen LogP contribution in [0.1, 0.15) is 25.7 Å². The van der Waals surface area contributed by atoms with Crippen LogP contribution in [0.3, 0.4) is 0 Å². The minimum Gasteiger partial charge on any atom is -0.392 e. The third-order valence-electron chi connectivity index (χ3n) is 2.55. The molecule has 0 spiro atoms. The van der Waals surface area contributed by atoms with Gasteiger partial charge < -0.3 is 5.11 Å². The van der Waals surface area contributed by atoms with Gasteiger partial charge in [-0.05, 0) is 25.7 Å². The van der Waals surface area contributed by atoms with Crippen LogP contribution in [-0.2, 0) is 0 Å². The molecule has 1 saturated carbocycles. The average Bonchev–Trinajstić information content (AvgIpc) is 2.35. The third kappa shape index (κ3) is 0.715. The van der Waals surface area contributed by atoms with Crippen molar-refractivity contribution in [3.05, 3.63) is 11.6 Å². The van der Waals surface area contributed by atoms with Gasteiger partial charge in [-0.2, -0.15) is 0 Å². The summed E-state index contributed by atoms with van der Waals surface area (Å²) in [5.74, 6) is 0.560. The Morgan fingerprint density at radius 1 is 1.44 bits per heavy atom. The number of rotatable bonds is 0. The first-order chi connectivity index (χ1) is 4.38. The van der Waals surface area contributed by atoms with Crippen molar-refractivity contribution >= 4 is 0 Å². The Balaban J connectivity index is 2.20. The molecule has 0 unspecified atom stereocenters. The van der Waals surface area contributed by atoms with E-state index in [-0.39, 0.29) is 6.10 Å². The fraction of sp³-hybridized carbons (Fsp3) is 0.750. The van der Waals surface area contributed by atoms with Crippen LogP contribution >= 0.6 is 0 Å². The molecule has 1 heteroatoms. The zero-order valence-corrected chi connectivity index (χ0v) is 5.51. The Kier molecular flexibility index (Phi) is 1.12. The summed E-state index contributed by atoms with van der Waals surface area (Å²) >= 11 is 0. The van der Waals surface area contributed by atoms with Crippen molar-refractivity contribution in [3.63, 3.8) is 0 Å². The number of hydrogen-bond acceptors (Lipinski definition) is 1. The summed E-state index contributed by atoms with van der Waals surface area (Å²) < 4.78 is 0. The van der Waals surface area contributed by atoms with Crippen LogP contribution < -0.4 is 0 Å². The molecule has 2 atom stereocenters. The first-order valence-electron chi connectivity index (χ1n) is 3.75. The van der Waals surface area contributed by atoms with Gasteiger partial charge in [-0.1, -0.05) is 11.6 Å². The van der Waals surface area contributed by atoms with Crippen LogP contribution in [0.15, 0.2) is 11.6 Å². The maximum atomic E-state index is 9.36. The lowest BCUT2D eigenvalue weighted by atomic mass is 10.0. The maximum absolute atomic E-state index is 9.36. The summed E-state index contributed by atoms with van der Waals surface area (Å²) in [6.07, 6.45) is 6.88. The van der Waals surface area contributed by atoms with Gasteiger partial charge in [-0.15, -0.1) is 0 Å². The van der Waals surface area contributed by atoms with Crippen molar-refractivity contribution in [1.29, 1.82) is 0 Å². The van der Waals surface area contributed by atoms with Crippen LogP contribution in [0.25, 0.3) is 0 Å². The molecule has 2 rings (SSSR count). The van der Waals surface area contributed by atoms with E-state index >= 15 is 0 Å². The first kappa shape index (κ1) is 5.48. The number of fused-ring (bicyclic) bond motifs is 1. The van der Waals surface area contributed by atoms with E-state index in [2.05, 4.69) is 6.08 Å². The summed E-state index contributed by atoms with van der Waals surface area (Å²) in [5.41, 5.74) is 1.53. The molecule has 1 nitrogen and oxygen atoms in total. The van der Waals surface area contributed by atoms with E-state index in [1.807, 2.05) is 0 Å². The Morgan fingerprint density at radius 2 is 2.33 bits per heavy atom. The van der Waals surface area contributed by atoms with Crippen molar-refractivity contribution in [2.45, 2.75) is 31.8 Å². The molecule has 9 heavy (non-hydrogen) atoms. The van der Waals surface area contributed by atoms with Gasteiger partial charge in [-0.3, -0.25) is 0 Å². The van der Waals surface area contributed by atoms with Crippen molar-refractivity contribution in [2.75, 3.05) is 0 Å². The number of allylic oxidation sites excluding steroid dienone is 1. The standard InChI is InChI=1S/C8H12O/c9-8-5-4-6-2-1-3-7(6)8/h2,7-9H,1,3-5H2/t7-,8+/m0/s1. The molecule has 0 aromatic rings. The zero-order valence-electron chi connectivity index (χ0n) is 5.51. The number of hydrogen-bond donors (Lipinski definition) is 1. The van der Waals surface area contributed by atoms with E-state index in [0.29, 0.717) is 5.92 Å². The van der Waals surface area contributed by atoms with Gasteiger partial charge in [0.2, 0.25) is 0 Å². The van der Waals surface area contributed by atoms with E-state index in [4.69, 9.17) is 0 Å². The van der Waals surface area contributed by atoms with Gasteiger partial charge in [-0.25, -0.2) is 0 Å². The summed E-state index contributed by atoms with van der Waals surface area (Å²) in [7, 11) is 0. The third-order valence-corrected chi connectivity index (χ3v) is 2.55. The van der Waals surface area contributed by atoms with Crippen LogP contribution in [0.2, 0.25) is 0 Å². The lowest BCUT2D eigenvalue weighted by Crippen LogP contribution is -2.10. The molecule has 0 radical (unpaired) electrons. The lowest BCUT2D eigenvalue weighted by Gasteiger charge is -2.08. The molecule has 1 fully saturated rings. The van der Waals surface area contributed by atoms with E-state index in [0.717, 1.165) is 12.8 Å². The molecule has 2 aliphatic carbocycles. The minimum absolute atomic E-state index is 0.00116. The average molecular weight is 124 g/mol. The highest BCUT2D eigenvalue weighted by molar-refractivity contribution is 5.18. The van der Waals surface area contributed by atoms with Gasteiger partial charge in [0.25, 0.3) is 0 Å². The fourth-order valence-electron chi connectivity index (χ4n) is 2.03. The number of aliphatic hydroxyl groups excluding tert-OH is 1. The molecule has 0 bridgehead atoms. The van der Waals surface area contributed by atoms with Gasteiger partial charge in [0.15, 0.2) is 0 Å². The Bertz CT molecular complexity index is 149. The SMILES string of the molecule is O[C@@H]1CCC2=CCC[C@@H]21. The second-order valence-corrected chi connectivity index (χ2v) is 3.07. The number of aliphatic hydroxyl groups is 1. The normalized spacial score (nSPS) is 40.8. The smallest absolute Gasteiger partial charge is 0.0608 e. The highest BCUT2D eigenvalue weighted by atomic mass is 16.3. The molecule has 2 aliphatic rings. The van der Waals surface area contributed by atoms with Crippen LogP contribution in [0.5, 0.6) is 0 Å². The molecule has 1 N–H and O–H groups in total. The van der Waals surface area contributed by atoms with Gasteiger partial charge in [0, 0.05) is 5.92 Å². The van der Waals surface area contributed by atoms with Crippen LogP contribution in [0.4, 0.5) is 0 Å². The largest absolute Gasteiger partial charge is 0.392 e. The summed E-state index contributed by atoms with van der Waals surface area (Å²) in [5, 5.41) is 9.36. The molecule has 0 aromatic heterocycles. The molecule has 0 amide bonds. The Labute approximate surface area is 55.4 Å². The van der Waals surface area contributed by atoms with Crippen LogP contribution in [-0.4, -0.2) is 11.2 Å². The molecule has 0 aliphatic heterocycles. The predicted molar refractivity (Wildman–Crippen MR) is 36.0 cm³/mol. The fourth-order valence-corrected chi connectivity index (χ4v) is 2.03. The highest BCUT2D eigenvalue weighted by Gasteiger charge is 2.31. The lowest BCUT2D eigenvalue weighted by molar-refractivity contribution is 0.140. The minimum atomic E-state index is -0.00116. The molecule has 0 aromatic carbocycles. The van der Waals surface area contributed by atoms with Gasteiger partial charge in [0.05, 0.1) is 6.10 Å². The Hall–Kier alpha value is -0.300. The predicted octanol–water partition coefficient (Wildman–Crippen LogP) is 1.48. The van der Waals surface area contributed by atoms with E-state index < -0.39 is 0 Å². The van der Waals surface area contributed by atoms with Crippen molar-refractivity contribution in [1.82, 2.24) is 0 Å². The second-order valence-electron chi connectivity index (χ2n) is 3.07. The molecular formula is C8H12O. The monoisotopic (exact) mass is 124 g/mol. The van der Waals surface area contributed by atoms with Crippen molar-refractivity contribution < 1.29 is 5.11 Å². The van der Waals surface area contributed by atoms with Gasteiger partial charge >= 0.3 is 0 Å². The summed E-state index contributed by atoms with van der Waals surface area (Å²) in [4.78, 5) is 0. The molecular weight excluding hydrogens is 112 g/mol. The highest BCUT2D eigenvalue weighted by Crippen LogP contribution is 2.39. The summed E-state index contributed by atoms with van der Waals surface area (Å²) in [6, 6.07) is 0. The van der Waals surface area contributed by atoms with Gasteiger partial charge in [0.1, 0.15) is 0 Å². The topological polar surface area (TPSA) is 20.2 Å². The van der Waals surface area contributed by atoms with E-state index in [1.54, 1.807) is 0 Å². The van der Waals surface area contributed by atoms with Crippen molar-refractivity contribution in [3.8, 4) is 0 Å². The van der Waals surface area contributed by atoms with Crippen LogP contribution in [0, 0.1) is 5.92 Å². The van der Waals surface area contributed by atoms with E-state index in [1.165, 1.54) is 18.4 Å². The maximum Gasteiger partial charge on any atom is 0.0608 e. The zero-order chi connectivity index (χ0) is 6.27. The quantitative estimate of drug-likeness (QED) is 0.485. The summed E-state index contributed by atoms with van der Waals surface area (Å²) in [6.45, 7) is 0. The molecule has 0 saturated heterocycles. The molecule has 50 valence electrons. The van der Waals surface area contributed by atoms with E-state index in [9.17, 15) is 5.11 Å².